The number of ether oxygens (including phenoxy) is 1. The van der Waals surface area contributed by atoms with Gasteiger partial charge >= 0.3 is 0 Å². The van der Waals surface area contributed by atoms with Gasteiger partial charge in [0.25, 0.3) is 0 Å². The summed E-state index contributed by atoms with van der Waals surface area (Å²) in [5.41, 5.74) is 0.593. The fourth-order valence-corrected chi connectivity index (χ4v) is 1.07. The second kappa shape index (κ2) is 5.02. The molecule has 0 saturated heterocycles. The van der Waals surface area contributed by atoms with E-state index in [2.05, 4.69) is 15.9 Å². The summed E-state index contributed by atoms with van der Waals surface area (Å²) in [6, 6.07) is 7.20. The number of hydrogen-bond acceptors (Lipinski definition) is 2. The van der Waals surface area contributed by atoms with Gasteiger partial charge in [-0.15, -0.1) is 0 Å². The van der Waals surface area contributed by atoms with E-state index in [9.17, 15) is 4.79 Å². The van der Waals surface area contributed by atoms with Gasteiger partial charge in [0, 0.05) is 5.33 Å². The normalized spacial score (nSPS) is 12.2. The van der Waals surface area contributed by atoms with Crippen LogP contribution in [0.3, 0.4) is 0 Å². The van der Waals surface area contributed by atoms with Crippen molar-refractivity contribution >= 4 is 22.2 Å². The molecule has 1 atom stereocenters. The van der Waals surface area contributed by atoms with Crippen LogP contribution in [0.25, 0.3) is 0 Å². The van der Waals surface area contributed by atoms with Crippen LogP contribution in [0, 0.1) is 0 Å². The number of para-hydroxylation sites is 1. The molecule has 70 valence electrons. The zero-order valence-electron chi connectivity index (χ0n) is 7.37. The van der Waals surface area contributed by atoms with Gasteiger partial charge in [-0.05, 0) is 19.1 Å². The molecule has 0 fully saturated rings. The van der Waals surface area contributed by atoms with Gasteiger partial charge in [0.05, 0.1) is 5.56 Å². The lowest BCUT2D eigenvalue weighted by Gasteiger charge is -2.12. The topological polar surface area (TPSA) is 26.3 Å². The van der Waals surface area contributed by atoms with Crippen molar-refractivity contribution in [2.75, 3.05) is 5.33 Å². The molecule has 0 aliphatic carbocycles. The predicted octanol–water partition coefficient (Wildman–Crippen LogP) is 2.66. The Morgan fingerprint density at radius 1 is 1.54 bits per heavy atom. The summed E-state index contributed by atoms with van der Waals surface area (Å²) in [5.74, 6) is 0.643. The second-order valence-corrected chi connectivity index (χ2v) is 3.39. The first-order valence-electron chi connectivity index (χ1n) is 4.04. The van der Waals surface area contributed by atoms with Crippen LogP contribution in [0.1, 0.15) is 17.3 Å². The van der Waals surface area contributed by atoms with Crippen LogP contribution < -0.4 is 4.74 Å². The van der Waals surface area contributed by atoms with Gasteiger partial charge in [0.2, 0.25) is 0 Å². The van der Waals surface area contributed by atoms with Gasteiger partial charge in [-0.25, -0.2) is 0 Å². The Labute approximate surface area is 86.0 Å². The molecule has 2 nitrogen and oxygen atoms in total. The van der Waals surface area contributed by atoms with E-state index in [4.69, 9.17) is 4.74 Å². The number of benzene rings is 1. The Kier molecular flexibility index (Phi) is 3.96. The van der Waals surface area contributed by atoms with Gasteiger partial charge in [-0.2, -0.15) is 0 Å². The maximum absolute atomic E-state index is 10.6. The average Bonchev–Trinajstić information content (AvgIpc) is 2.18. The number of rotatable bonds is 4. The van der Waals surface area contributed by atoms with Crippen LogP contribution in [0.5, 0.6) is 5.75 Å². The summed E-state index contributed by atoms with van der Waals surface area (Å²) in [4.78, 5) is 10.6. The highest BCUT2D eigenvalue weighted by Gasteiger charge is 2.05. The molecule has 0 aromatic heterocycles. The second-order valence-electron chi connectivity index (χ2n) is 2.74. The molecule has 0 unspecified atom stereocenters. The lowest BCUT2D eigenvalue weighted by molar-refractivity contribution is 0.111. The molecule has 1 rings (SSSR count). The summed E-state index contributed by atoms with van der Waals surface area (Å²) in [6.45, 7) is 1.94. The zero-order valence-corrected chi connectivity index (χ0v) is 8.95. The Balaban J connectivity index is 2.80. The predicted molar refractivity (Wildman–Crippen MR) is 55.7 cm³/mol. The fraction of sp³-hybridized carbons (Fsp3) is 0.300. The third-order valence-electron chi connectivity index (χ3n) is 1.59. The highest BCUT2D eigenvalue weighted by Crippen LogP contribution is 2.17. The molecule has 0 spiro atoms. The maximum Gasteiger partial charge on any atom is 0.153 e. The molecule has 0 radical (unpaired) electrons. The highest BCUT2D eigenvalue weighted by atomic mass is 79.9. The summed E-state index contributed by atoms with van der Waals surface area (Å²) < 4.78 is 5.51. The average molecular weight is 243 g/mol. The van der Waals surface area contributed by atoms with Crippen molar-refractivity contribution in [3.63, 3.8) is 0 Å². The Morgan fingerprint density at radius 3 is 2.85 bits per heavy atom. The molecular formula is C10H11BrO2. The van der Waals surface area contributed by atoms with Crippen LogP contribution >= 0.6 is 15.9 Å². The van der Waals surface area contributed by atoms with Gasteiger partial charge in [-0.1, -0.05) is 28.1 Å². The summed E-state index contributed by atoms with van der Waals surface area (Å²) in [6.07, 6.45) is 0.872. The maximum atomic E-state index is 10.6. The van der Waals surface area contributed by atoms with E-state index in [0.29, 0.717) is 11.3 Å². The molecule has 0 aliphatic rings. The number of hydrogen-bond donors (Lipinski definition) is 0. The quantitative estimate of drug-likeness (QED) is 0.600. The molecule has 0 aliphatic heterocycles. The largest absolute Gasteiger partial charge is 0.489 e. The van der Waals surface area contributed by atoms with Gasteiger partial charge in [0.15, 0.2) is 6.29 Å². The van der Waals surface area contributed by atoms with Gasteiger partial charge < -0.3 is 4.74 Å². The lowest BCUT2D eigenvalue weighted by atomic mass is 10.2. The molecule has 13 heavy (non-hydrogen) atoms. The lowest BCUT2D eigenvalue weighted by Crippen LogP contribution is -2.13. The van der Waals surface area contributed by atoms with E-state index in [0.717, 1.165) is 11.6 Å². The van der Waals surface area contributed by atoms with E-state index in [1.54, 1.807) is 12.1 Å². The summed E-state index contributed by atoms with van der Waals surface area (Å²) in [5, 5.41) is 0.750. The first kappa shape index (κ1) is 10.3. The van der Waals surface area contributed by atoms with Gasteiger partial charge in [0.1, 0.15) is 11.9 Å². The monoisotopic (exact) mass is 242 g/mol. The minimum atomic E-state index is 0.0705. The zero-order chi connectivity index (χ0) is 9.68. The third kappa shape index (κ3) is 2.84. The van der Waals surface area contributed by atoms with E-state index in [-0.39, 0.29) is 6.10 Å². The Hall–Kier alpha value is -0.830. The van der Waals surface area contributed by atoms with Crippen molar-refractivity contribution in [1.82, 2.24) is 0 Å². The number of halogens is 1. The molecule has 1 aromatic carbocycles. The highest BCUT2D eigenvalue weighted by molar-refractivity contribution is 9.09. The van der Waals surface area contributed by atoms with Crippen LogP contribution in [-0.4, -0.2) is 17.7 Å². The molecule has 1 aromatic rings. The number of carbonyl (C=O) groups excluding carboxylic acids is 1. The van der Waals surface area contributed by atoms with E-state index in [1.165, 1.54) is 0 Å². The minimum absolute atomic E-state index is 0.0705. The minimum Gasteiger partial charge on any atom is -0.489 e. The van der Waals surface area contributed by atoms with E-state index < -0.39 is 0 Å². The number of carbonyl (C=O) groups is 1. The van der Waals surface area contributed by atoms with Crippen LogP contribution in [0.15, 0.2) is 24.3 Å². The first-order chi connectivity index (χ1) is 6.27. The van der Waals surface area contributed by atoms with Crippen molar-refractivity contribution in [2.24, 2.45) is 0 Å². The number of aldehydes is 1. The standard InChI is InChI=1S/C10H11BrO2/c1-8(6-11)13-10-5-3-2-4-9(10)7-12/h2-5,7-8H,6H2,1H3/t8-/m0/s1. The van der Waals surface area contributed by atoms with E-state index in [1.807, 2.05) is 19.1 Å². The molecule has 0 heterocycles. The molecule has 0 amide bonds. The molecular weight excluding hydrogens is 232 g/mol. The summed E-state index contributed by atoms with van der Waals surface area (Å²) in [7, 11) is 0. The third-order valence-corrected chi connectivity index (χ3v) is 2.50. The molecule has 0 saturated carbocycles. The summed E-state index contributed by atoms with van der Waals surface area (Å²) >= 11 is 3.31. The van der Waals surface area contributed by atoms with E-state index >= 15 is 0 Å². The molecule has 0 N–H and O–H groups in total. The first-order valence-corrected chi connectivity index (χ1v) is 5.17. The van der Waals surface area contributed by atoms with Crippen molar-refractivity contribution in [1.29, 1.82) is 0 Å². The van der Waals surface area contributed by atoms with Crippen molar-refractivity contribution in [2.45, 2.75) is 13.0 Å². The van der Waals surface area contributed by atoms with Crippen molar-refractivity contribution in [3.8, 4) is 5.75 Å². The smallest absolute Gasteiger partial charge is 0.153 e. The Morgan fingerprint density at radius 2 is 2.23 bits per heavy atom. The van der Waals surface area contributed by atoms with Crippen molar-refractivity contribution < 1.29 is 9.53 Å². The number of alkyl halides is 1. The van der Waals surface area contributed by atoms with Crippen LogP contribution in [0.4, 0.5) is 0 Å². The fourth-order valence-electron chi connectivity index (χ4n) is 0.933. The van der Waals surface area contributed by atoms with Crippen LogP contribution in [0.2, 0.25) is 0 Å². The van der Waals surface area contributed by atoms with Crippen LogP contribution in [-0.2, 0) is 0 Å². The molecule has 0 bridgehead atoms. The van der Waals surface area contributed by atoms with Gasteiger partial charge in [-0.3, -0.25) is 4.79 Å². The van der Waals surface area contributed by atoms with Crippen molar-refractivity contribution in [3.05, 3.63) is 29.8 Å². The Bertz CT molecular complexity index is 286. The molecule has 3 heteroatoms. The SMILES string of the molecule is C[C@@H](CBr)Oc1ccccc1C=O.